The molecule has 2 N–H and O–H groups in total. The first-order valence-electron chi connectivity index (χ1n) is 6.82. The number of carbonyl (C=O) groups is 1. The maximum Gasteiger partial charge on any atom is 0.239 e. The van der Waals surface area contributed by atoms with Crippen molar-refractivity contribution in [3.63, 3.8) is 0 Å². The minimum Gasteiger partial charge on any atom is -0.467 e. The predicted molar refractivity (Wildman–Crippen MR) is 84.0 cm³/mol. The van der Waals surface area contributed by atoms with Gasteiger partial charge in [0.25, 0.3) is 0 Å². The fourth-order valence-electron chi connectivity index (χ4n) is 1.97. The fraction of sp³-hybridized carbons (Fsp3) is 0.267. The number of hydrogen-bond acceptors (Lipinski definition) is 5. The van der Waals surface area contributed by atoms with Gasteiger partial charge >= 0.3 is 0 Å². The third kappa shape index (κ3) is 5.74. The average molecular weight is 340 g/mol. The number of hydrogen-bond donors (Lipinski definition) is 2. The van der Waals surface area contributed by atoms with E-state index in [-0.39, 0.29) is 30.3 Å². The Morgan fingerprint density at radius 3 is 2.74 bits per heavy atom. The summed E-state index contributed by atoms with van der Waals surface area (Å²) in [6, 6.07) is 7.21. The first-order chi connectivity index (χ1) is 10.8. The molecule has 1 heterocycles. The maximum absolute atomic E-state index is 13.3. The largest absolute Gasteiger partial charge is 0.467 e. The van der Waals surface area contributed by atoms with Crippen LogP contribution in [0.4, 0.5) is 10.1 Å². The van der Waals surface area contributed by atoms with Crippen LogP contribution < -0.4 is 10.6 Å². The maximum atomic E-state index is 13.3. The van der Waals surface area contributed by atoms with Crippen LogP contribution in [0.2, 0.25) is 0 Å². The topological polar surface area (TPSA) is 88.4 Å². The molecular weight excluding hydrogens is 323 g/mol. The number of rotatable bonds is 7. The minimum atomic E-state index is -3.31. The molecule has 0 saturated heterocycles. The standard InChI is InChI=1S/C15H17FN2O4S/c1-23(20,21)10-11-7-12(16)4-5-14(11)17-9-15(19)18-8-13-3-2-6-22-13/h2-7,17H,8-10H2,1H3,(H,18,19). The summed E-state index contributed by atoms with van der Waals surface area (Å²) in [5, 5.41) is 5.47. The van der Waals surface area contributed by atoms with E-state index in [2.05, 4.69) is 10.6 Å². The van der Waals surface area contributed by atoms with Crippen LogP contribution >= 0.6 is 0 Å². The van der Waals surface area contributed by atoms with Gasteiger partial charge in [-0.15, -0.1) is 0 Å². The molecule has 0 atom stereocenters. The molecular formula is C15H17FN2O4S. The van der Waals surface area contributed by atoms with Crippen molar-refractivity contribution in [2.45, 2.75) is 12.3 Å². The van der Waals surface area contributed by atoms with E-state index in [0.29, 0.717) is 11.4 Å². The van der Waals surface area contributed by atoms with Crippen molar-refractivity contribution in [1.29, 1.82) is 0 Å². The molecule has 0 spiro atoms. The molecule has 0 saturated carbocycles. The molecule has 0 aliphatic heterocycles. The van der Waals surface area contributed by atoms with Gasteiger partial charge in [0.1, 0.15) is 11.6 Å². The highest BCUT2D eigenvalue weighted by Gasteiger charge is 2.12. The number of nitrogens with one attached hydrogen (secondary N) is 2. The van der Waals surface area contributed by atoms with Crippen LogP contribution in [-0.4, -0.2) is 27.1 Å². The molecule has 2 rings (SSSR count). The first kappa shape index (κ1) is 17.0. The molecule has 2 aromatic rings. The van der Waals surface area contributed by atoms with E-state index >= 15 is 0 Å². The summed E-state index contributed by atoms with van der Waals surface area (Å²) in [6.07, 6.45) is 2.58. The van der Waals surface area contributed by atoms with Crippen LogP contribution in [0.25, 0.3) is 0 Å². The molecule has 8 heteroatoms. The molecule has 0 fully saturated rings. The second-order valence-corrected chi connectivity index (χ2v) is 7.22. The van der Waals surface area contributed by atoms with Crippen LogP contribution in [0, 0.1) is 5.82 Å². The van der Waals surface area contributed by atoms with Crippen LogP contribution in [0.3, 0.4) is 0 Å². The van der Waals surface area contributed by atoms with E-state index in [1.807, 2.05) is 0 Å². The van der Waals surface area contributed by atoms with Crippen molar-refractivity contribution in [1.82, 2.24) is 5.32 Å². The normalized spacial score (nSPS) is 11.2. The van der Waals surface area contributed by atoms with Gasteiger partial charge in [0.2, 0.25) is 5.91 Å². The quantitative estimate of drug-likeness (QED) is 0.801. The number of furan rings is 1. The lowest BCUT2D eigenvalue weighted by Gasteiger charge is -2.11. The van der Waals surface area contributed by atoms with Gasteiger partial charge in [-0.2, -0.15) is 0 Å². The molecule has 0 unspecified atom stereocenters. The highest BCUT2D eigenvalue weighted by Crippen LogP contribution is 2.19. The van der Waals surface area contributed by atoms with Gasteiger partial charge in [0, 0.05) is 11.9 Å². The molecule has 1 amide bonds. The Balaban J connectivity index is 1.95. The third-order valence-corrected chi connectivity index (χ3v) is 3.80. The monoisotopic (exact) mass is 340 g/mol. The van der Waals surface area contributed by atoms with Crippen molar-refractivity contribution in [2.24, 2.45) is 0 Å². The molecule has 6 nitrogen and oxygen atoms in total. The number of amides is 1. The lowest BCUT2D eigenvalue weighted by molar-refractivity contribution is -0.119. The summed E-state index contributed by atoms with van der Waals surface area (Å²) in [7, 11) is -3.31. The summed E-state index contributed by atoms with van der Waals surface area (Å²) >= 11 is 0. The van der Waals surface area contributed by atoms with Gasteiger partial charge < -0.3 is 15.1 Å². The molecule has 1 aromatic heterocycles. The second kappa shape index (κ2) is 7.28. The van der Waals surface area contributed by atoms with E-state index in [1.54, 1.807) is 12.1 Å². The van der Waals surface area contributed by atoms with Crippen molar-refractivity contribution in [2.75, 3.05) is 18.1 Å². The van der Waals surface area contributed by atoms with Gasteiger partial charge in [-0.25, -0.2) is 12.8 Å². The van der Waals surface area contributed by atoms with Crippen molar-refractivity contribution in [3.8, 4) is 0 Å². The van der Waals surface area contributed by atoms with Gasteiger partial charge in [-0.05, 0) is 35.9 Å². The summed E-state index contributed by atoms with van der Waals surface area (Å²) < 4.78 is 41.2. The Kier molecular flexibility index (Phi) is 5.38. The highest BCUT2D eigenvalue weighted by molar-refractivity contribution is 7.89. The lowest BCUT2D eigenvalue weighted by atomic mass is 10.2. The molecule has 0 aliphatic carbocycles. The van der Waals surface area contributed by atoms with E-state index in [1.165, 1.54) is 18.4 Å². The molecule has 0 radical (unpaired) electrons. The van der Waals surface area contributed by atoms with Crippen LogP contribution in [0.15, 0.2) is 41.0 Å². The lowest BCUT2D eigenvalue weighted by Crippen LogP contribution is -2.29. The van der Waals surface area contributed by atoms with Gasteiger partial charge in [-0.3, -0.25) is 4.79 Å². The van der Waals surface area contributed by atoms with Crippen molar-refractivity contribution >= 4 is 21.4 Å². The van der Waals surface area contributed by atoms with E-state index < -0.39 is 15.7 Å². The fourth-order valence-corrected chi connectivity index (χ4v) is 2.78. The van der Waals surface area contributed by atoms with E-state index in [9.17, 15) is 17.6 Å². The Labute approximate surface area is 133 Å². The molecule has 124 valence electrons. The van der Waals surface area contributed by atoms with E-state index in [4.69, 9.17) is 4.42 Å². The molecule has 0 bridgehead atoms. The number of benzene rings is 1. The Morgan fingerprint density at radius 2 is 2.09 bits per heavy atom. The Morgan fingerprint density at radius 1 is 1.30 bits per heavy atom. The minimum absolute atomic E-state index is 0.0664. The van der Waals surface area contributed by atoms with Gasteiger partial charge in [-0.1, -0.05) is 0 Å². The average Bonchev–Trinajstić information content (AvgIpc) is 2.96. The van der Waals surface area contributed by atoms with Crippen molar-refractivity contribution in [3.05, 3.63) is 53.7 Å². The van der Waals surface area contributed by atoms with Crippen molar-refractivity contribution < 1.29 is 22.0 Å². The zero-order valence-corrected chi connectivity index (χ0v) is 13.3. The summed E-state index contributed by atoms with van der Waals surface area (Å²) in [6.45, 7) is 0.191. The van der Waals surface area contributed by atoms with Gasteiger partial charge in [0.05, 0.1) is 25.1 Å². The van der Waals surface area contributed by atoms with Crippen LogP contribution in [0.5, 0.6) is 0 Å². The zero-order valence-electron chi connectivity index (χ0n) is 12.5. The number of anilines is 1. The summed E-state index contributed by atoms with van der Waals surface area (Å²) in [4.78, 5) is 11.8. The summed E-state index contributed by atoms with van der Waals surface area (Å²) in [5.41, 5.74) is 0.691. The smallest absolute Gasteiger partial charge is 0.239 e. The van der Waals surface area contributed by atoms with Crippen LogP contribution in [-0.2, 0) is 26.9 Å². The molecule has 0 aliphatic rings. The third-order valence-electron chi connectivity index (χ3n) is 2.96. The number of carbonyl (C=O) groups excluding carboxylic acids is 1. The SMILES string of the molecule is CS(=O)(=O)Cc1cc(F)ccc1NCC(=O)NCc1ccco1. The number of sulfone groups is 1. The van der Waals surface area contributed by atoms with E-state index in [0.717, 1.165) is 12.3 Å². The zero-order chi connectivity index (χ0) is 16.9. The second-order valence-electron chi connectivity index (χ2n) is 5.08. The molecule has 1 aromatic carbocycles. The summed E-state index contributed by atoms with van der Waals surface area (Å²) in [5.74, 6) is -0.508. The Hall–Kier alpha value is -2.35. The predicted octanol–water partition coefficient (Wildman–Crippen LogP) is 1.69. The number of halogens is 1. The highest BCUT2D eigenvalue weighted by atomic mass is 32.2. The molecule has 23 heavy (non-hydrogen) atoms. The van der Waals surface area contributed by atoms with Gasteiger partial charge in [0.15, 0.2) is 9.84 Å². The Bertz CT molecular complexity index is 773. The first-order valence-corrected chi connectivity index (χ1v) is 8.88. The van der Waals surface area contributed by atoms with Crippen LogP contribution in [0.1, 0.15) is 11.3 Å².